The molecule has 1 N–H and O–H groups in total. The standard InChI is InChI=1S/C12H15N3OS2/c1-4-5-10-14-15-12(18-10)13-11(16)9-6-7(2)8(3)17-9/h6H,4-5H2,1-3H3,(H,13,15,16). The third-order valence-corrected chi connectivity index (χ3v) is 4.59. The Balaban J connectivity index is 2.06. The lowest BCUT2D eigenvalue weighted by Crippen LogP contribution is -2.09. The molecule has 2 rings (SSSR count). The molecule has 2 heterocycles. The van der Waals surface area contributed by atoms with Crippen molar-refractivity contribution in [2.24, 2.45) is 0 Å². The van der Waals surface area contributed by atoms with E-state index in [0.29, 0.717) is 5.13 Å². The topological polar surface area (TPSA) is 54.9 Å². The number of carbonyl (C=O) groups is 1. The van der Waals surface area contributed by atoms with Crippen LogP contribution in [0.2, 0.25) is 0 Å². The zero-order valence-electron chi connectivity index (χ0n) is 10.6. The second-order valence-corrected chi connectivity index (χ2v) is 6.37. The van der Waals surface area contributed by atoms with Gasteiger partial charge in [0, 0.05) is 11.3 Å². The lowest BCUT2D eigenvalue weighted by Gasteiger charge is -1.96. The summed E-state index contributed by atoms with van der Waals surface area (Å²) in [6.07, 6.45) is 1.94. The minimum Gasteiger partial charge on any atom is -0.296 e. The van der Waals surface area contributed by atoms with Gasteiger partial charge in [-0.15, -0.1) is 21.5 Å². The van der Waals surface area contributed by atoms with Gasteiger partial charge in [-0.25, -0.2) is 0 Å². The van der Waals surface area contributed by atoms with Gasteiger partial charge in [-0.05, 0) is 31.9 Å². The van der Waals surface area contributed by atoms with Gasteiger partial charge in [0.25, 0.3) is 5.91 Å². The Morgan fingerprint density at radius 1 is 1.33 bits per heavy atom. The quantitative estimate of drug-likeness (QED) is 0.934. The molecule has 2 aromatic rings. The number of hydrogen-bond donors (Lipinski definition) is 1. The van der Waals surface area contributed by atoms with Crippen LogP contribution in [0.15, 0.2) is 6.07 Å². The lowest BCUT2D eigenvalue weighted by atomic mass is 10.3. The van der Waals surface area contributed by atoms with Gasteiger partial charge in [-0.3, -0.25) is 10.1 Å². The Morgan fingerprint density at radius 3 is 2.72 bits per heavy atom. The Kier molecular flexibility index (Phi) is 4.08. The predicted octanol–water partition coefficient (Wildman–Crippen LogP) is 3.42. The summed E-state index contributed by atoms with van der Waals surface area (Å²) in [5.41, 5.74) is 1.15. The predicted molar refractivity (Wildman–Crippen MR) is 75.7 cm³/mol. The number of hydrogen-bond acceptors (Lipinski definition) is 5. The largest absolute Gasteiger partial charge is 0.296 e. The van der Waals surface area contributed by atoms with Crippen molar-refractivity contribution in [1.29, 1.82) is 0 Å². The summed E-state index contributed by atoms with van der Waals surface area (Å²) in [6.45, 7) is 6.12. The average Bonchev–Trinajstić information content (AvgIpc) is 2.88. The Morgan fingerprint density at radius 2 is 2.11 bits per heavy atom. The van der Waals surface area contributed by atoms with Crippen LogP contribution in [0.3, 0.4) is 0 Å². The lowest BCUT2D eigenvalue weighted by molar-refractivity contribution is 0.103. The van der Waals surface area contributed by atoms with E-state index in [2.05, 4.69) is 22.4 Å². The molecule has 0 spiro atoms. The third kappa shape index (κ3) is 2.94. The van der Waals surface area contributed by atoms with Crippen molar-refractivity contribution in [2.75, 3.05) is 5.32 Å². The van der Waals surface area contributed by atoms with Crippen LogP contribution in [0.5, 0.6) is 0 Å². The Bertz CT molecular complexity index is 540. The first kappa shape index (κ1) is 13.2. The van der Waals surface area contributed by atoms with Gasteiger partial charge in [-0.1, -0.05) is 18.3 Å². The summed E-state index contributed by atoms with van der Waals surface area (Å²) in [5.74, 6) is -0.101. The van der Waals surface area contributed by atoms with E-state index < -0.39 is 0 Å². The van der Waals surface area contributed by atoms with Crippen molar-refractivity contribution in [3.63, 3.8) is 0 Å². The molecule has 1 amide bonds. The van der Waals surface area contributed by atoms with Crippen LogP contribution in [0, 0.1) is 13.8 Å². The summed E-state index contributed by atoms with van der Waals surface area (Å²) in [7, 11) is 0. The molecule has 0 aliphatic heterocycles. The van der Waals surface area contributed by atoms with Crippen LogP contribution in [0.4, 0.5) is 5.13 Å². The number of anilines is 1. The molecule has 0 radical (unpaired) electrons. The van der Waals surface area contributed by atoms with Crippen molar-refractivity contribution in [3.05, 3.63) is 26.4 Å². The highest BCUT2D eigenvalue weighted by molar-refractivity contribution is 7.16. The number of carbonyl (C=O) groups excluding carboxylic acids is 1. The van der Waals surface area contributed by atoms with E-state index in [9.17, 15) is 4.79 Å². The normalized spacial score (nSPS) is 10.6. The van der Waals surface area contributed by atoms with Gasteiger partial charge in [0.1, 0.15) is 5.01 Å². The van der Waals surface area contributed by atoms with Crippen molar-refractivity contribution in [3.8, 4) is 0 Å². The second-order valence-electron chi connectivity index (χ2n) is 4.05. The van der Waals surface area contributed by atoms with Crippen molar-refractivity contribution < 1.29 is 4.79 Å². The molecule has 0 aromatic carbocycles. The Labute approximate surface area is 114 Å². The number of aryl methyl sites for hydroxylation is 3. The number of nitrogens with zero attached hydrogens (tertiary/aromatic N) is 2. The number of nitrogens with one attached hydrogen (secondary N) is 1. The molecule has 4 nitrogen and oxygen atoms in total. The SMILES string of the molecule is CCCc1nnc(NC(=O)c2cc(C)c(C)s2)s1. The zero-order chi connectivity index (χ0) is 13.1. The van der Waals surface area contributed by atoms with E-state index in [4.69, 9.17) is 0 Å². The fourth-order valence-corrected chi connectivity index (χ4v) is 3.23. The fourth-order valence-electron chi connectivity index (χ4n) is 1.46. The molecule has 6 heteroatoms. The molecule has 0 fully saturated rings. The minimum absolute atomic E-state index is 0.101. The van der Waals surface area contributed by atoms with E-state index in [1.165, 1.54) is 27.6 Å². The van der Waals surface area contributed by atoms with Crippen LogP contribution in [-0.2, 0) is 6.42 Å². The van der Waals surface area contributed by atoms with Gasteiger partial charge in [-0.2, -0.15) is 0 Å². The molecule has 0 bridgehead atoms. The highest BCUT2D eigenvalue weighted by atomic mass is 32.1. The first-order chi connectivity index (χ1) is 8.60. The van der Waals surface area contributed by atoms with Crippen LogP contribution in [0.1, 0.15) is 38.5 Å². The number of thiophene rings is 1. The first-order valence-electron chi connectivity index (χ1n) is 5.81. The maximum absolute atomic E-state index is 12.0. The van der Waals surface area contributed by atoms with Gasteiger partial charge in [0.05, 0.1) is 4.88 Å². The van der Waals surface area contributed by atoms with Crippen LogP contribution in [0.25, 0.3) is 0 Å². The van der Waals surface area contributed by atoms with Crippen LogP contribution in [-0.4, -0.2) is 16.1 Å². The van der Waals surface area contributed by atoms with Gasteiger partial charge >= 0.3 is 0 Å². The fraction of sp³-hybridized carbons (Fsp3) is 0.417. The highest BCUT2D eigenvalue weighted by Gasteiger charge is 2.13. The summed E-state index contributed by atoms with van der Waals surface area (Å²) in [4.78, 5) is 13.9. The molecular formula is C12H15N3OS2. The molecule has 0 saturated heterocycles. The van der Waals surface area contributed by atoms with Crippen molar-refractivity contribution in [2.45, 2.75) is 33.6 Å². The van der Waals surface area contributed by atoms with Crippen molar-refractivity contribution in [1.82, 2.24) is 10.2 Å². The van der Waals surface area contributed by atoms with Crippen LogP contribution >= 0.6 is 22.7 Å². The van der Waals surface area contributed by atoms with E-state index in [1.54, 1.807) is 0 Å². The summed E-state index contributed by atoms with van der Waals surface area (Å²) in [5, 5.41) is 12.3. The number of rotatable bonds is 4. The molecule has 0 aliphatic carbocycles. The third-order valence-electron chi connectivity index (χ3n) is 2.54. The molecule has 2 aromatic heterocycles. The minimum atomic E-state index is -0.101. The van der Waals surface area contributed by atoms with E-state index in [-0.39, 0.29) is 5.91 Å². The van der Waals surface area contributed by atoms with E-state index in [1.807, 2.05) is 19.9 Å². The molecule has 0 aliphatic rings. The molecule has 0 unspecified atom stereocenters. The van der Waals surface area contributed by atoms with Gasteiger partial charge < -0.3 is 0 Å². The molecule has 0 atom stereocenters. The molecular weight excluding hydrogens is 266 g/mol. The number of aromatic nitrogens is 2. The zero-order valence-corrected chi connectivity index (χ0v) is 12.2. The monoisotopic (exact) mass is 281 g/mol. The highest BCUT2D eigenvalue weighted by Crippen LogP contribution is 2.23. The maximum Gasteiger partial charge on any atom is 0.267 e. The Hall–Kier alpha value is -1.27. The maximum atomic E-state index is 12.0. The summed E-state index contributed by atoms with van der Waals surface area (Å²) in [6, 6.07) is 1.91. The van der Waals surface area contributed by atoms with E-state index >= 15 is 0 Å². The molecule has 0 saturated carbocycles. The van der Waals surface area contributed by atoms with Gasteiger partial charge in [0.2, 0.25) is 5.13 Å². The molecule has 18 heavy (non-hydrogen) atoms. The molecule has 96 valence electrons. The average molecular weight is 281 g/mol. The van der Waals surface area contributed by atoms with E-state index in [0.717, 1.165) is 28.3 Å². The summed E-state index contributed by atoms with van der Waals surface area (Å²) < 4.78 is 0. The summed E-state index contributed by atoms with van der Waals surface area (Å²) >= 11 is 2.95. The van der Waals surface area contributed by atoms with Gasteiger partial charge in [0.15, 0.2) is 0 Å². The second kappa shape index (κ2) is 5.58. The number of amides is 1. The van der Waals surface area contributed by atoms with Crippen LogP contribution < -0.4 is 5.32 Å². The first-order valence-corrected chi connectivity index (χ1v) is 7.44. The smallest absolute Gasteiger partial charge is 0.267 e. The van der Waals surface area contributed by atoms with Crippen molar-refractivity contribution >= 4 is 33.7 Å².